The number of anilines is 1. The molecule has 1 aliphatic heterocycles. The first kappa shape index (κ1) is 16.9. The van der Waals surface area contributed by atoms with Crippen molar-refractivity contribution in [3.63, 3.8) is 0 Å². The fraction of sp³-hybridized carbons (Fsp3) is 0.500. The van der Waals surface area contributed by atoms with Gasteiger partial charge in [0.1, 0.15) is 12.1 Å². The second-order valence-corrected chi connectivity index (χ2v) is 7.16. The summed E-state index contributed by atoms with van der Waals surface area (Å²) in [5.74, 6) is 1.18. The number of rotatable bonds is 5. The van der Waals surface area contributed by atoms with Crippen LogP contribution in [0, 0.1) is 6.92 Å². The van der Waals surface area contributed by atoms with Crippen LogP contribution in [0.5, 0.6) is 0 Å². The largest absolute Gasteiger partial charge is 0.356 e. The average molecular weight is 344 g/mol. The molecule has 0 N–H and O–H groups in total. The van der Waals surface area contributed by atoms with E-state index in [2.05, 4.69) is 26.7 Å². The standard InChI is InChI=1S/C18H24N4OS/c1-3-8-22(18(23)16-5-4-11-24-16)15-6-9-21(10-7-15)17-12-14(2)19-13-20-17/h4-5,11-13,15H,3,6-10H2,1-2H3. The topological polar surface area (TPSA) is 49.3 Å². The fourth-order valence-electron chi connectivity index (χ4n) is 3.25. The lowest BCUT2D eigenvalue weighted by Gasteiger charge is -2.38. The number of nitrogens with zero attached hydrogens (tertiary/aromatic N) is 4. The molecule has 0 aliphatic carbocycles. The third-order valence-corrected chi connectivity index (χ3v) is 5.33. The number of piperidine rings is 1. The quantitative estimate of drug-likeness (QED) is 0.834. The molecule has 0 unspecified atom stereocenters. The van der Waals surface area contributed by atoms with Crippen molar-refractivity contribution in [3.8, 4) is 0 Å². The van der Waals surface area contributed by atoms with Gasteiger partial charge in [-0.3, -0.25) is 4.79 Å². The summed E-state index contributed by atoms with van der Waals surface area (Å²) in [6.07, 6.45) is 4.59. The van der Waals surface area contributed by atoms with Crippen LogP contribution in [0.3, 0.4) is 0 Å². The molecule has 128 valence electrons. The van der Waals surface area contributed by atoms with Crippen LogP contribution in [-0.2, 0) is 0 Å². The predicted octanol–water partition coefficient (Wildman–Crippen LogP) is 3.37. The van der Waals surface area contributed by atoms with Crippen molar-refractivity contribution in [1.29, 1.82) is 0 Å². The third-order valence-electron chi connectivity index (χ3n) is 4.48. The van der Waals surface area contributed by atoms with Gasteiger partial charge in [0.15, 0.2) is 0 Å². The van der Waals surface area contributed by atoms with Crippen LogP contribution in [0.1, 0.15) is 41.6 Å². The molecule has 3 rings (SSSR count). The summed E-state index contributed by atoms with van der Waals surface area (Å²) in [7, 11) is 0. The Morgan fingerprint density at radius 3 is 2.79 bits per heavy atom. The van der Waals surface area contributed by atoms with Crippen molar-refractivity contribution in [3.05, 3.63) is 40.5 Å². The van der Waals surface area contributed by atoms with Crippen LogP contribution >= 0.6 is 11.3 Å². The van der Waals surface area contributed by atoms with Gasteiger partial charge in [0, 0.05) is 37.4 Å². The van der Waals surface area contributed by atoms with Gasteiger partial charge in [0.05, 0.1) is 4.88 Å². The molecule has 0 radical (unpaired) electrons. The van der Waals surface area contributed by atoms with E-state index < -0.39 is 0 Å². The molecular weight excluding hydrogens is 320 g/mol. The summed E-state index contributed by atoms with van der Waals surface area (Å²) in [4.78, 5) is 26.6. The summed E-state index contributed by atoms with van der Waals surface area (Å²) < 4.78 is 0. The van der Waals surface area contributed by atoms with Crippen LogP contribution in [-0.4, -0.2) is 46.5 Å². The Balaban J connectivity index is 1.66. The normalized spacial score (nSPS) is 15.5. The number of hydrogen-bond donors (Lipinski definition) is 0. The SMILES string of the molecule is CCCN(C(=O)c1cccs1)C1CCN(c2cc(C)ncn2)CC1. The first-order valence-corrected chi connectivity index (χ1v) is 9.45. The molecule has 3 heterocycles. The highest BCUT2D eigenvalue weighted by molar-refractivity contribution is 7.12. The Morgan fingerprint density at radius 2 is 2.17 bits per heavy atom. The van der Waals surface area contributed by atoms with Gasteiger partial charge < -0.3 is 9.80 Å². The maximum Gasteiger partial charge on any atom is 0.264 e. The van der Waals surface area contributed by atoms with Gasteiger partial charge in [-0.15, -0.1) is 11.3 Å². The number of carbonyl (C=O) groups is 1. The van der Waals surface area contributed by atoms with E-state index >= 15 is 0 Å². The molecule has 2 aromatic heterocycles. The Labute approximate surface area is 147 Å². The van der Waals surface area contributed by atoms with E-state index in [9.17, 15) is 4.79 Å². The molecule has 0 spiro atoms. The van der Waals surface area contributed by atoms with E-state index in [1.54, 1.807) is 6.33 Å². The smallest absolute Gasteiger partial charge is 0.264 e. The van der Waals surface area contributed by atoms with Crippen LogP contribution < -0.4 is 4.90 Å². The molecule has 0 saturated carbocycles. The summed E-state index contributed by atoms with van der Waals surface area (Å²) in [6, 6.07) is 6.22. The van der Waals surface area contributed by atoms with Crippen molar-refractivity contribution in [2.75, 3.05) is 24.5 Å². The van der Waals surface area contributed by atoms with Crippen LogP contribution in [0.15, 0.2) is 29.9 Å². The Hall–Kier alpha value is -1.95. The zero-order valence-electron chi connectivity index (χ0n) is 14.3. The zero-order chi connectivity index (χ0) is 16.9. The minimum Gasteiger partial charge on any atom is -0.356 e. The number of hydrogen-bond acceptors (Lipinski definition) is 5. The molecule has 0 bridgehead atoms. The second kappa shape index (κ2) is 7.75. The molecule has 1 saturated heterocycles. The zero-order valence-corrected chi connectivity index (χ0v) is 15.1. The average Bonchev–Trinajstić information content (AvgIpc) is 3.14. The lowest BCUT2D eigenvalue weighted by atomic mass is 10.0. The summed E-state index contributed by atoms with van der Waals surface area (Å²) in [6.45, 7) is 6.81. The van der Waals surface area contributed by atoms with Crippen LogP contribution in [0.4, 0.5) is 5.82 Å². The molecule has 0 aromatic carbocycles. The molecular formula is C18H24N4OS. The van der Waals surface area contributed by atoms with Gasteiger partial charge in [-0.1, -0.05) is 13.0 Å². The minimum absolute atomic E-state index is 0.184. The summed E-state index contributed by atoms with van der Waals surface area (Å²) in [5, 5.41) is 1.97. The highest BCUT2D eigenvalue weighted by Gasteiger charge is 2.28. The number of aryl methyl sites for hydroxylation is 1. The Morgan fingerprint density at radius 1 is 1.38 bits per heavy atom. The number of carbonyl (C=O) groups excluding carboxylic acids is 1. The van der Waals surface area contributed by atoms with Gasteiger partial charge in [0.25, 0.3) is 5.91 Å². The van der Waals surface area contributed by atoms with Gasteiger partial charge in [-0.25, -0.2) is 9.97 Å². The van der Waals surface area contributed by atoms with E-state index in [1.807, 2.05) is 30.5 Å². The number of thiophene rings is 1. The van der Waals surface area contributed by atoms with Crippen molar-refractivity contribution < 1.29 is 4.79 Å². The lowest BCUT2D eigenvalue weighted by Crippen LogP contribution is -2.47. The highest BCUT2D eigenvalue weighted by atomic mass is 32.1. The Bertz CT molecular complexity index is 665. The molecule has 5 nitrogen and oxygen atoms in total. The molecule has 1 aliphatic rings. The Kier molecular flexibility index (Phi) is 5.45. The van der Waals surface area contributed by atoms with Gasteiger partial charge >= 0.3 is 0 Å². The molecule has 2 aromatic rings. The van der Waals surface area contributed by atoms with Crippen LogP contribution in [0.2, 0.25) is 0 Å². The lowest BCUT2D eigenvalue weighted by molar-refractivity contribution is 0.0655. The van der Waals surface area contributed by atoms with E-state index in [0.717, 1.165) is 55.3 Å². The first-order chi connectivity index (χ1) is 11.7. The molecule has 1 amide bonds. The van der Waals surface area contributed by atoms with Crippen molar-refractivity contribution in [2.45, 2.75) is 39.2 Å². The number of amides is 1. The fourth-order valence-corrected chi connectivity index (χ4v) is 3.93. The number of aromatic nitrogens is 2. The summed E-state index contributed by atoms with van der Waals surface area (Å²) in [5.41, 5.74) is 0.989. The molecule has 0 atom stereocenters. The van der Waals surface area contributed by atoms with Crippen molar-refractivity contribution >= 4 is 23.1 Å². The first-order valence-electron chi connectivity index (χ1n) is 8.57. The molecule has 1 fully saturated rings. The van der Waals surface area contributed by atoms with Gasteiger partial charge in [0.2, 0.25) is 0 Å². The minimum atomic E-state index is 0.184. The second-order valence-electron chi connectivity index (χ2n) is 6.21. The maximum absolute atomic E-state index is 12.8. The van der Waals surface area contributed by atoms with Crippen molar-refractivity contribution in [1.82, 2.24) is 14.9 Å². The van der Waals surface area contributed by atoms with E-state index in [0.29, 0.717) is 6.04 Å². The molecule has 6 heteroatoms. The van der Waals surface area contributed by atoms with E-state index in [1.165, 1.54) is 11.3 Å². The van der Waals surface area contributed by atoms with Crippen LogP contribution in [0.25, 0.3) is 0 Å². The van der Waals surface area contributed by atoms with Gasteiger partial charge in [-0.05, 0) is 37.6 Å². The van der Waals surface area contributed by atoms with E-state index in [4.69, 9.17) is 0 Å². The van der Waals surface area contributed by atoms with Gasteiger partial charge in [-0.2, -0.15) is 0 Å². The monoisotopic (exact) mass is 344 g/mol. The summed E-state index contributed by atoms with van der Waals surface area (Å²) >= 11 is 1.53. The molecule has 24 heavy (non-hydrogen) atoms. The van der Waals surface area contributed by atoms with Crippen molar-refractivity contribution in [2.24, 2.45) is 0 Å². The highest BCUT2D eigenvalue weighted by Crippen LogP contribution is 2.24. The predicted molar refractivity (Wildman–Crippen MR) is 97.7 cm³/mol. The van der Waals surface area contributed by atoms with E-state index in [-0.39, 0.29) is 5.91 Å². The maximum atomic E-state index is 12.8. The third kappa shape index (κ3) is 3.75.